The lowest BCUT2D eigenvalue weighted by molar-refractivity contribution is -0.151. The molecular formula is C26H32N2O4S. The summed E-state index contributed by atoms with van der Waals surface area (Å²) in [6.07, 6.45) is 1.22. The van der Waals surface area contributed by atoms with Gasteiger partial charge in [-0.3, -0.25) is 14.4 Å². The van der Waals surface area contributed by atoms with Crippen LogP contribution in [0.4, 0.5) is 0 Å². The quantitative estimate of drug-likeness (QED) is 0.586. The van der Waals surface area contributed by atoms with Gasteiger partial charge in [-0.1, -0.05) is 38.1 Å². The highest BCUT2D eigenvalue weighted by Gasteiger charge is 2.46. The number of carbonyl (C=O) groups excluding carboxylic acids is 3. The third-order valence-corrected chi connectivity index (χ3v) is 7.47. The highest BCUT2D eigenvalue weighted by molar-refractivity contribution is 7.10. The maximum absolute atomic E-state index is 14.0. The third-order valence-electron chi connectivity index (χ3n) is 6.53. The molecule has 0 saturated carbocycles. The first kappa shape index (κ1) is 23.5. The Hall–Kier alpha value is -2.67. The van der Waals surface area contributed by atoms with Crippen molar-refractivity contribution in [1.29, 1.82) is 0 Å². The molecule has 7 heteroatoms. The minimum absolute atomic E-state index is 0.0113. The van der Waals surface area contributed by atoms with E-state index in [9.17, 15) is 14.4 Å². The number of piperidine rings is 1. The van der Waals surface area contributed by atoms with Gasteiger partial charge in [-0.25, -0.2) is 0 Å². The predicted molar refractivity (Wildman–Crippen MR) is 128 cm³/mol. The molecule has 1 fully saturated rings. The van der Waals surface area contributed by atoms with Gasteiger partial charge >= 0.3 is 5.97 Å². The minimum Gasteiger partial charge on any atom is -0.466 e. The average molecular weight is 469 g/mol. The molecule has 0 N–H and O–H groups in total. The Bertz CT molecular complexity index is 995. The largest absolute Gasteiger partial charge is 0.466 e. The van der Waals surface area contributed by atoms with Gasteiger partial charge in [0, 0.05) is 30.1 Å². The summed E-state index contributed by atoms with van der Waals surface area (Å²) in [7, 11) is 0. The van der Waals surface area contributed by atoms with E-state index in [1.54, 1.807) is 11.3 Å². The molecule has 176 valence electrons. The van der Waals surface area contributed by atoms with Crippen LogP contribution in [0.3, 0.4) is 0 Å². The van der Waals surface area contributed by atoms with E-state index in [4.69, 9.17) is 4.74 Å². The normalized spacial score (nSPS) is 21.3. The zero-order chi connectivity index (χ0) is 23.5. The fraction of sp³-hybridized carbons (Fsp3) is 0.500. The topological polar surface area (TPSA) is 66.9 Å². The number of esters is 1. The van der Waals surface area contributed by atoms with Crippen LogP contribution in [0.1, 0.15) is 66.4 Å². The van der Waals surface area contributed by atoms with Crippen LogP contribution < -0.4 is 0 Å². The number of hydrogen-bond acceptors (Lipinski definition) is 5. The van der Waals surface area contributed by atoms with Crippen molar-refractivity contribution in [2.45, 2.75) is 45.6 Å². The van der Waals surface area contributed by atoms with E-state index in [1.165, 1.54) is 0 Å². The number of thiophene rings is 1. The molecule has 33 heavy (non-hydrogen) atoms. The lowest BCUT2D eigenvalue weighted by Crippen LogP contribution is -2.50. The van der Waals surface area contributed by atoms with Gasteiger partial charge in [-0.15, -0.1) is 11.3 Å². The molecule has 6 nitrogen and oxygen atoms in total. The Labute approximate surface area is 199 Å². The highest BCUT2D eigenvalue weighted by Crippen LogP contribution is 2.45. The number of amides is 2. The Morgan fingerprint density at radius 2 is 1.85 bits per heavy atom. The van der Waals surface area contributed by atoms with Crippen molar-refractivity contribution in [1.82, 2.24) is 9.80 Å². The van der Waals surface area contributed by atoms with Crippen LogP contribution in [-0.2, 0) is 14.3 Å². The van der Waals surface area contributed by atoms with Crippen LogP contribution >= 0.6 is 11.3 Å². The van der Waals surface area contributed by atoms with Gasteiger partial charge in [0.2, 0.25) is 5.91 Å². The Balaban J connectivity index is 1.68. The molecule has 0 aliphatic carbocycles. The summed E-state index contributed by atoms with van der Waals surface area (Å²) in [5.74, 6) is -0.488. The number of likely N-dealkylation sites (tertiary alicyclic amines) is 1. The summed E-state index contributed by atoms with van der Waals surface area (Å²) in [6.45, 7) is 8.01. The van der Waals surface area contributed by atoms with Gasteiger partial charge in [0.1, 0.15) is 0 Å². The van der Waals surface area contributed by atoms with E-state index in [0.29, 0.717) is 44.6 Å². The molecule has 3 heterocycles. The average Bonchev–Trinajstić information content (AvgIpc) is 3.35. The van der Waals surface area contributed by atoms with Crippen LogP contribution in [0.5, 0.6) is 0 Å². The van der Waals surface area contributed by atoms with Crippen LogP contribution in [0.15, 0.2) is 41.8 Å². The molecule has 4 rings (SSSR count). The van der Waals surface area contributed by atoms with Gasteiger partial charge in [0.05, 0.1) is 24.5 Å². The fourth-order valence-electron chi connectivity index (χ4n) is 5.02. The highest BCUT2D eigenvalue weighted by atomic mass is 32.1. The number of fused-ring (bicyclic) bond motifs is 1. The number of benzene rings is 1. The SMILES string of the molecule is CCOC(=O)C1CCN(C(=O)[C@H]2c3ccccc3C(=O)N(CC(C)C)[C@@H]2c2cccs2)CC1. The molecule has 1 saturated heterocycles. The second-order valence-corrected chi connectivity index (χ2v) is 10.2. The smallest absolute Gasteiger partial charge is 0.309 e. The van der Waals surface area contributed by atoms with E-state index in [2.05, 4.69) is 13.8 Å². The first-order chi connectivity index (χ1) is 15.9. The number of carbonyl (C=O) groups is 3. The molecule has 2 aliphatic rings. The molecule has 0 unspecified atom stereocenters. The van der Waals surface area contributed by atoms with E-state index >= 15 is 0 Å². The molecule has 0 radical (unpaired) electrons. The lowest BCUT2D eigenvalue weighted by atomic mass is 9.80. The second-order valence-electron chi connectivity index (χ2n) is 9.23. The van der Waals surface area contributed by atoms with Crippen molar-refractivity contribution in [2.24, 2.45) is 11.8 Å². The van der Waals surface area contributed by atoms with Crippen LogP contribution in [0, 0.1) is 11.8 Å². The van der Waals surface area contributed by atoms with E-state index in [0.717, 1.165) is 10.4 Å². The van der Waals surface area contributed by atoms with Crippen molar-refractivity contribution < 1.29 is 19.1 Å². The van der Waals surface area contributed by atoms with Crippen molar-refractivity contribution in [3.05, 3.63) is 57.8 Å². The molecule has 2 aromatic rings. The standard InChI is InChI=1S/C26H32N2O4S/c1-4-32-26(31)18-11-13-27(14-12-18)25(30)22-19-8-5-6-9-20(19)24(29)28(16-17(2)3)23(22)21-10-7-15-33-21/h5-10,15,17-18,22-23H,4,11-14,16H2,1-3H3/t22-,23+/m0/s1. The molecule has 2 atom stereocenters. The Kier molecular flexibility index (Phi) is 7.17. The van der Waals surface area contributed by atoms with E-state index < -0.39 is 5.92 Å². The third kappa shape index (κ3) is 4.69. The van der Waals surface area contributed by atoms with Crippen molar-refractivity contribution in [3.63, 3.8) is 0 Å². The molecule has 1 aromatic heterocycles. The predicted octanol–water partition coefficient (Wildman–Crippen LogP) is 4.49. The summed E-state index contributed by atoms with van der Waals surface area (Å²) in [4.78, 5) is 44.5. The summed E-state index contributed by atoms with van der Waals surface area (Å²) in [5.41, 5.74) is 1.42. The number of ether oxygens (including phenoxy) is 1. The lowest BCUT2D eigenvalue weighted by Gasteiger charge is -2.44. The zero-order valence-corrected chi connectivity index (χ0v) is 20.3. The van der Waals surface area contributed by atoms with Crippen LogP contribution in [-0.4, -0.2) is 53.8 Å². The summed E-state index contributed by atoms with van der Waals surface area (Å²) in [5, 5.41) is 2.00. The zero-order valence-electron chi connectivity index (χ0n) is 19.5. The molecule has 0 spiro atoms. The Morgan fingerprint density at radius 1 is 1.12 bits per heavy atom. The van der Waals surface area contributed by atoms with Gasteiger partial charge < -0.3 is 14.5 Å². The number of nitrogens with zero attached hydrogens (tertiary/aromatic N) is 2. The van der Waals surface area contributed by atoms with Crippen molar-refractivity contribution in [3.8, 4) is 0 Å². The summed E-state index contributed by atoms with van der Waals surface area (Å²) >= 11 is 1.59. The van der Waals surface area contributed by atoms with Crippen LogP contribution in [0.25, 0.3) is 0 Å². The first-order valence-electron chi connectivity index (χ1n) is 11.8. The number of rotatable bonds is 6. The molecular weight excluding hydrogens is 436 g/mol. The minimum atomic E-state index is -0.463. The first-order valence-corrected chi connectivity index (χ1v) is 12.7. The van der Waals surface area contributed by atoms with E-state index in [-0.39, 0.29) is 35.7 Å². The Morgan fingerprint density at radius 3 is 2.48 bits per heavy atom. The fourth-order valence-corrected chi connectivity index (χ4v) is 5.90. The van der Waals surface area contributed by atoms with Gasteiger partial charge in [0.25, 0.3) is 5.91 Å². The number of hydrogen-bond donors (Lipinski definition) is 0. The van der Waals surface area contributed by atoms with Crippen molar-refractivity contribution >= 4 is 29.1 Å². The molecule has 2 aliphatic heterocycles. The maximum atomic E-state index is 14.0. The maximum Gasteiger partial charge on any atom is 0.309 e. The summed E-state index contributed by atoms with van der Waals surface area (Å²) in [6, 6.07) is 11.2. The molecule has 1 aromatic carbocycles. The second kappa shape index (κ2) is 10.1. The summed E-state index contributed by atoms with van der Waals surface area (Å²) < 4.78 is 5.18. The van der Waals surface area contributed by atoms with Crippen LogP contribution in [0.2, 0.25) is 0 Å². The van der Waals surface area contributed by atoms with Gasteiger partial charge in [0.15, 0.2) is 0 Å². The van der Waals surface area contributed by atoms with Gasteiger partial charge in [-0.05, 0) is 48.8 Å². The molecule has 0 bridgehead atoms. The van der Waals surface area contributed by atoms with E-state index in [1.807, 2.05) is 58.5 Å². The molecule has 2 amide bonds. The van der Waals surface area contributed by atoms with Crippen molar-refractivity contribution in [2.75, 3.05) is 26.2 Å². The van der Waals surface area contributed by atoms with Gasteiger partial charge in [-0.2, -0.15) is 0 Å². The monoisotopic (exact) mass is 468 g/mol.